The highest BCUT2D eigenvalue weighted by atomic mass is 16.6. The van der Waals surface area contributed by atoms with Gasteiger partial charge in [-0.15, -0.1) is 0 Å². The molecule has 1 amide bonds. The number of rotatable bonds is 7. The molecular weight excluding hydrogens is 374 g/mol. The van der Waals surface area contributed by atoms with Crippen molar-refractivity contribution in [1.82, 2.24) is 0 Å². The van der Waals surface area contributed by atoms with Gasteiger partial charge in [-0.2, -0.15) is 0 Å². The standard InChI is InChI=1S/C21H25N3O5/c1-3-15(2)29-18-7-4-16(5-8-18)21(25)22-19-9-6-17(24(26)27)14-20(19)23-10-12-28-13-11-23/h4-9,14-15H,3,10-13H2,1-2H3,(H,22,25)/t15-/m1/s1. The summed E-state index contributed by atoms with van der Waals surface area (Å²) in [6, 6.07) is 11.4. The number of ether oxygens (including phenoxy) is 2. The molecule has 0 spiro atoms. The molecule has 1 aliphatic heterocycles. The summed E-state index contributed by atoms with van der Waals surface area (Å²) in [7, 11) is 0. The number of nitrogens with one attached hydrogen (secondary N) is 1. The van der Waals surface area contributed by atoms with Crippen LogP contribution in [0.15, 0.2) is 42.5 Å². The van der Waals surface area contributed by atoms with E-state index in [-0.39, 0.29) is 17.7 Å². The van der Waals surface area contributed by atoms with Crippen LogP contribution in [0, 0.1) is 10.1 Å². The van der Waals surface area contributed by atoms with Crippen molar-refractivity contribution in [2.75, 3.05) is 36.5 Å². The van der Waals surface area contributed by atoms with E-state index >= 15 is 0 Å². The van der Waals surface area contributed by atoms with Crippen LogP contribution < -0.4 is 15.0 Å². The van der Waals surface area contributed by atoms with Crippen molar-refractivity contribution in [3.63, 3.8) is 0 Å². The molecule has 1 heterocycles. The Morgan fingerprint density at radius 1 is 1.24 bits per heavy atom. The van der Waals surface area contributed by atoms with Gasteiger partial charge in [-0.3, -0.25) is 14.9 Å². The summed E-state index contributed by atoms with van der Waals surface area (Å²) >= 11 is 0. The second-order valence-corrected chi connectivity index (χ2v) is 6.87. The number of benzene rings is 2. The molecule has 154 valence electrons. The summed E-state index contributed by atoms with van der Waals surface area (Å²) in [5.74, 6) is 0.420. The SMILES string of the molecule is CC[C@@H](C)Oc1ccc(C(=O)Nc2ccc([N+](=O)[O-])cc2N2CCOCC2)cc1. The zero-order valence-electron chi connectivity index (χ0n) is 16.6. The topological polar surface area (TPSA) is 93.9 Å². The fourth-order valence-electron chi connectivity index (χ4n) is 3.00. The third-order valence-electron chi connectivity index (χ3n) is 4.82. The molecular formula is C21H25N3O5. The summed E-state index contributed by atoms with van der Waals surface area (Å²) in [4.78, 5) is 25.5. The maximum absolute atomic E-state index is 12.7. The molecule has 0 unspecified atom stereocenters. The molecule has 2 aromatic rings. The first-order valence-electron chi connectivity index (χ1n) is 9.67. The monoisotopic (exact) mass is 399 g/mol. The number of nitro groups is 1. The molecule has 1 atom stereocenters. The van der Waals surface area contributed by atoms with E-state index in [1.54, 1.807) is 30.3 Å². The van der Waals surface area contributed by atoms with Crippen molar-refractivity contribution >= 4 is 23.0 Å². The number of hydrogen-bond donors (Lipinski definition) is 1. The fraction of sp³-hybridized carbons (Fsp3) is 0.381. The number of anilines is 2. The number of nitro benzene ring substituents is 1. The molecule has 1 fully saturated rings. The maximum atomic E-state index is 12.7. The normalized spacial score (nSPS) is 14.9. The van der Waals surface area contributed by atoms with Crippen molar-refractivity contribution in [1.29, 1.82) is 0 Å². The Morgan fingerprint density at radius 2 is 1.93 bits per heavy atom. The molecule has 0 saturated carbocycles. The second-order valence-electron chi connectivity index (χ2n) is 6.87. The van der Waals surface area contributed by atoms with Gasteiger partial charge in [-0.1, -0.05) is 6.92 Å². The lowest BCUT2D eigenvalue weighted by molar-refractivity contribution is -0.384. The number of nitrogens with zero attached hydrogens (tertiary/aromatic N) is 2. The van der Waals surface area contributed by atoms with Crippen LogP contribution in [-0.4, -0.2) is 43.2 Å². The Balaban J connectivity index is 1.79. The lowest BCUT2D eigenvalue weighted by atomic mass is 10.1. The van der Waals surface area contributed by atoms with Crippen molar-refractivity contribution in [3.05, 3.63) is 58.1 Å². The van der Waals surface area contributed by atoms with E-state index in [0.29, 0.717) is 49.0 Å². The van der Waals surface area contributed by atoms with E-state index in [9.17, 15) is 14.9 Å². The number of carbonyl (C=O) groups excluding carboxylic acids is 1. The largest absolute Gasteiger partial charge is 0.491 e. The maximum Gasteiger partial charge on any atom is 0.271 e. The highest BCUT2D eigenvalue weighted by Gasteiger charge is 2.20. The third kappa shape index (κ3) is 5.23. The van der Waals surface area contributed by atoms with Crippen LogP contribution in [-0.2, 0) is 4.74 Å². The summed E-state index contributed by atoms with van der Waals surface area (Å²) in [6.07, 6.45) is 0.998. The summed E-state index contributed by atoms with van der Waals surface area (Å²) in [5, 5.41) is 14.1. The van der Waals surface area contributed by atoms with Gasteiger partial charge >= 0.3 is 0 Å². The molecule has 0 aliphatic carbocycles. The average Bonchev–Trinajstić information content (AvgIpc) is 2.74. The van der Waals surface area contributed by atoms with Crippen LogP contribution in [0.1, 0.15) is 30.6 Å². The van der Waals surface area contributed by atoms with E-state index in [1.165, 1.54) is 12.1 Å². The predicted octanol–water partition coefficient (Wildman–Crippen LogP) is 3.86. The minimum atomic E-state index is -0.439. The zero-order chi connectivity index (χ0) is 20.8. The Kier molecular flexibility index (Phi) is 6.66. The van der Waals surface area contributed by atoms with E-state index in [1.807, 2.05) is 18.7 Å². The second kappa shape index (κ2) is 9.38. The van der Waals surface area contributed by atoms with Crippen LogP contribution >= 0.6 is 0 Å². The molecule has 1 aliphatic rings. The molecule has 1 N–H and O–H groups in total. The van der Waals surface area contributed by atoms with Gasteiger partial charge in [0, 0.05) is 30.8 Å². The van der Waals surface area contributed by atoms with Crippen molar-refractivity contribution < 1.29 is 19.2 Å². The molecule has 29 heavy (non-hydrogen) atoms. The molecule has 0 radical (unpaired) electrons. The average molecular weight is 399 g/mol. The number of hydrogen-bond acceptors (Lipinski definition) is 6. The van der Waals surface area contributed by atoms with Crippen molar-refractivity contribution in [2.24, 2.45) is 0 Å². The Morgan fingerprint density at radius 3 is 2.55 bits per heavy atom. The van der Waals surface area contributed by atoms with Gasteiger partial charge in [-0.05, 0) is 43.7 Å². The van der Waals surface area contributed by atoms with Gasteiger partial charge in [0.15, 0.2) is 0 Å². The van der Waals surface area contributed by atoms with Gasteiger partial charge in [0.1, 0.15) is 5.75 Å². The summed E-state index contributed by atoms with van der Waals surface area (Å²) in [6.45, 7) is 6.31. The van der Waals surface area contributed by atoms with Gasteiger partial charge in [0.2, 0.25) is 0 Å². The first kappa shape index (κ1) is 20.6. The summed E-state index contributed by atoms with van der Waals surface area (Å²) < 4.78 is 11.1. The van der Waals surface area contributed by atoms with Gasteiger partial charge < -0.3 is 19.7 Å². The molecule has 3 rings (SSSR count). The number of carbonyl (C=O) groups is 1. The van der Waals surface area contributed by atoms with E-state index < -0.39 is 4.92 Å². The number of non-ortho nitro benzene ring substituents is 1. The third-order valence-corrected chi connectivity index (χ3v) is 4.82. The van der Waals surface area contributed by atoms with Crippen LogP contribution in [0.3, 0.4) is 0 Å². The quantitative estimate of drug-likeness (QED) is 0.561. The van der Waals surface area contributed by atoms with Gasteiger partial charge in [-0.25, -0.2) is 0 Å². The molecule has 0 bridgehead atoms. The van der Waals surface area contributed by atoms with E-state index in [2.05, 4.69) is 5.32 Å². The highest BCUT2D eigenvalue weighted by molar-refractivity contribution is 6.06. The van der Waals surface area contributed by atoms with Crippen LogP contribution in [0.25, 0.3) is 0 Å². The highest BCUT2D eigenvalue weighted by Crippen LogP contribution is 2.31. The molecule has 8 nitrogen and oxygen atoms in total. The van der Waals surface area contributed by atoms with Crippen LogP contribution in [0.5, 0.6) is 5.75 Å². The van der Waals surface area contributed by atoms with Gasteiger partial charge in [0.25, 0.3) is 11.6 Å². The van der Waals surface area contributed by atoms with E-state index in [0.717, 1.165) is 6.42 Å². The van der Waals surface area contributed by atoms with Crippen molar-refractivity contribution in [2.45, 2.75) is 26.4 Å². The smallest absolute Gasteiger partial charge is 0.271 e. The molecule has 0 aromatic heterocycles. The van der Waals surface area contributed by atoms with Crippen molar-refractivity contribution in [3.8, 4) is 5.75 Å². The Labute approximate surface area is 169 Å². The summed E-state index contributed by atoms with van der Waals surface area (Å²) in [5.41, 5.74) is 1.61. The van der Waals surface area contributed by atoms with Crippen LogP contribution in [0.4, 0.5) is 17.1 Å². The minimum Gasteiger partial charge on any atom is -0.491 e. The lowest BCUT2D eigenvalue weighted by Gasteiger charge is -2.30. The molecule has 2 aromatic carbocycles. The first-order chi connectivity index (χ1) is 14.0. The Bertz CT molecular complexity index is 863. The first-order valence-corrected chi connectivity index (χ1v) is 9.67. The number of amides is 1. The zero-order valence-corrected chi connectivity index (χ0v) is 16.6. The lowest BCUT2D eigenvalue weighted by Crippen LogP contribution is -2.36. The molecule has 8 heteroatoms. The Hall–Kier alpha value is -3.13. The fourth-order valence-corrected chi connectivity index (χ4v) is 3.00. The predicted molar refractivity (Wildman–Crippen MR) is 111 cm³/mol. The van der Waals surface area contributed by atoms with Gasteiger partial charge in [0.05, 0.1) is 35.6 Å². The number of morpholine rings is 1. The molecule has 1 saturated heterocycles. The van der Waals surface area contributed by atoms with Crippen LogP contribution in [0.2, 0.25) is 0 Å². The van der Waals surface area contributed by atoms with E-state index in [4.69, 9.17) is 9.47 Å². The minimum absolute atomic E-state index is 0.0176.